The number of nitrogens with zero attached hydrogens (tertiary/aromatic N) is 3. The number of methoxy groups -OCH3 is 1. The molecule has 172 valence electrons. The van der Waals surface area contributed by atoms with Crippen molar-refractivity contribution in [3.8, 4) is 0 Å². The van der Waals surface area contributed by atoms with E-state index in [1.165, 1.54) is 18.9 Å². The van der Waals surface area contributed by atoms with E-state index < -0.39 is 5.97 Å². The van der Waals surface area contributed by atoms with E-state index in [9.17, 15) is 9.59 Å². The molecule has 2 N–H and O–H groups in total. The number of hydrogen-bond acceptors (Lipinski definition) is 5. The molecule has 2 aliphatic rings. The fourth-order valence-electron chi connectivity index (χ4n) is 4.79. The van der Waals surface area contributed by atoms with Gasteiger partial charge in [-0.1, -0.05) is 23.7 Å². The number of hydrogen-bond donors (Lipinski definition) is 1. The molecule has 0 spiro atoms. The van der Waals surface area contributed by atoms with Crippen LogP contribution in [-0.4, -0.2) is 54.7 Å². The maximum Gasteiger partial charge on any atom is 0.339 e. The predicted octanol–water partition coefficient (Wildman–Crippen LogP) is 4.02. The largest absolute Gasteiger partial charge is 0.465 e. The summed E-state index contributed by atoms with van der Waals surface area (Å²) in [4.78, 5) is 32.6. The second-order valence-electron chi connectivity index (χ2n) is 8.25. The number of benzene rings is 1. The molecule has 2 heterocycles. The van der Waals surface area contributed by atoms with Crippen LogP contribution in [0.2, 0.25) is 5.02 Å². The fraction of sp³-hybridized carbons (Fsp3) is 0.435. The first-order valence-corrected chi connectivity index (χ1v) is 10.9. The van der Waals surface area contributed by atoms with Crippen molar-refractivity contribution >= 4 is 41.8 Å². The molecule has 1 saturated heterocycles. The predicted molar refractivity (Wildman–Crippen MR) is 127 cm³/mol. The lowest BCUT2D eigenvalue weighted by Crippen LogP contribution is -2.47. The average molecular weight is 479 g/mol. The summed E-state index contributed by atoms with van der Waals surface area (Å²) in [5, 5.41) is 0.725. The van der Waals surface area contributed by atoms with E-state index in [1.807, 2.05) is 23.1 Å². The van der Waals surface area contributed by atoms with E-state index in [-0.39, 0.29) is 29.9 Å². The summed E-state index contributed by atoms with van der Waals surface area (Å²) in [6.45, 7) is 1.81. The number of carbonyl (C=O) groups excluding carboxylic acids is 2. The lowest BCUT2D eigenvalue weighted by molar-refractivity contribution is 0.0600. The molecule has 32 heavy (non-hydrogen) atoms. The molecule has 0 radical (unpaired) electrons. The Bertz CT molecular complexity index is 962. The number of rotatable bonds is 5. The van der Waals surface area contributed by atoms with E-state index in [2.05, 4.69) is 11.1 Å². The zero-order valence-electron chi connectivity index (χ0n) is 18.0. The van der Waals surface area contributed by atoms with Gasteiger partial charge in [0.1, 0.15) is 5.82 Å². The zero-order valence-corrected chi connectivity index (χ0v) is 19.6. The van der Waals surface area contributed by atoms with E-state index in [4.69, 9.17) is 22.1 Å². The third-order valence-electron chi connectivity index (χ3n) is 6.67. The molecule has 1 aromatic heterocycles. The summed E-state index contributed by atoms with van der Waals surface area (Å²) in [6, 6.07) is 11.4. The summed E-state index contributed by atoms with van der Waals surface area (Å²) in [5.41, 5.74) is 7.67. The van der Waals surface area contributed by atoms with E-state index in [0.717, 1.165) is 30.7 Å². The van der Waals surface area contributed by atoms with Gasteiger partial charge < -0.3 is 15.4 Å². The fourth-order valence-corrected chi connectivity index (χ4v) is 4.98. The van der Waals surface area contributed by atoms with Crippen LogP contribution in [0, 0.1) is 0 Å². The number of nitrogens with two attached hydrogens (primary N) is 1. The highest BCUT2D eigenvalue weighted by molar-refractivity contribution is 6.30. The normalized spacial score (nSPS) is 23.1. The Morgan fingerprint density at radius 3 is 2.59 bits per heavy atom. The molecule has 4 rings (SSSR count). The number of halogens is 2. The molecular weight excluding hydrogens is 451 g/mol. The summed E-state index contributed by atoms with van der Waals surface area (Å²) in [7, 11) is 1.33. The number of urea groups is 1. The second kappa shape index (κ2) is 10.1. The van der Waals surface area contributed by atoms with Gasteiger partial charge in [-0.3, -0.25) is 4.90 Å². The SMILES string of the molecule is COC(=O)c1ccc(N2CCN([C@H]3CC[C@](CN)(c4cccc(Cl)c4)CC3)C2=O)nc1.Cl. The standard InChI is InChI=1S/C23H27ClN4O3.ClH/c1-31-21(29)16-5-6-20(26-14-16)28-12-11-27(22(28)30)19-7-9-23(15-25,10-8-19)17-3-2-4-18(24)13-17;/h2-6,13-14,19H,7-12,15,25H2,1H3;1H/t19-,23-;. The highest BCUT2D eigenvalue weighted by Gasteiger charge is 2.41. The van der Waals surface area contributed by atoms with Crippen molar-refractivity contribution in [2.75, 3.05) is 31.6 Å². The highest BCUT2D eigenvalue weighted by atomic mass is 35.5. The molecule has 2 fully saturated rings. The van der Waals surface area contributed by atoms with Crippen molar-refractivity contribution in [2.45, 2.75) is 37.1 Å². The van der Waals surface area contributed by atoms with Crippen LogP contribution in [0.15, 0.2) is 42.6 Å². The maximum atomic E-state index is 13.1. The Hall–Kier alpha value is -2.35. The van der Waals surface area contributed by atoms with Gasteiger partial charge in [-0.15, -0.1) is 12.4 Å². The number of anilines is 1. The molecule has 0 atom stereocenters. The number of pyridine rings is 1. The number of aromatic nitrogens is 1. The second-order valence-corrected chi connectivity index (χ2v) is 8.69. The number of amides is 2. The number of carbonyl (C=O) groups is 2. The van der Waals surface area contributed by atoms with Crippen LogP contribution < -0.4 is 10.6 Å². The minimum absolute atomic E-state index is 0. The molecule has 0 unspecified atom stereocenters. The smallest absolute Gasteiger partial charge is 0.339 e. The van der Waals surface area contributed by atoms with Crippen LogP contribution in [0.25, 0.3) is 0 Å². The van der Waals surface area contributed by atoms with Crippen LogP contribution in [0.4, 0.5) is 10.6 Å². The van der Waals surface area contributed by atoms with Crippen molar-refractivity contribution in [1.82, 2.24) is 9.88 Å². The Morgan fingerprint density at radius 1 is 1.25 bits per heavy atom. The van der Waals surface area contributed by atoms with E-state index >= 15 is 0 Å². The Labute approximate surface area is 199 Å². The monoisotopic (exact) mass is 478 g/mol. The van der Waals surface area contributed by atoms with Crippen molar-refractivity contribution in [3.63, 3.8) is 0 Å². The zero-order chi connectivity index (χ0) is 22.0. The van der Waals surface area contributed by atoms with Gasteiger partial charge in [0.05, 0.1) is 12.7 Å². The topological polar surface area (TPSA) is 88.8 Å². The number of ether oxygens (including phenoxy) is 1. The molecule has 2 aromatic rings. The van der Waals surface area contributed by atoms with Crippen LogP contribution in [0.5, 0.6) is 0 Å². The van der Waals surface area contributed by atoms with Gasteiger partial charge in [-0.05, 0) is 55.5 Å². The van der Waals surface area contributed by atoms with Crippen molar-refractivity contribution in [2.24, 2.45) is 5.73 Å². The Balaban J connectivity index is 0.00000289. The molecule has 0 bridgehead atoms. The van der Waals surface area contributed by atoms with Crippen LogP contribution in [0.3, 0.4) is 0 Å². The van der Waals surface area contributed by atoms with Crippen molar-refractivity contribution in [3.05, 3.63) is 58.7 Å². The molecular formula is C23H28Cl2N4O3. The molecule has 1 saturated carbocycles. The molecule has 1 aliphatic carbocycles. The summed E-state index contributed by atoms with van der Waals surface area (Å²) < 4.78 is 4.70. The highest BCUT2D eigenvalue weighted by Crippen LogP contribution is 2.41. The number of esters is 1. The Morgan fingerprint density at radius 2 is 2.00 bits per heavy atom. The summed E-state index contributed by atoms with van der Waals surface area (Å²) >= 11 is 6.21. The van der Waals surface area contributed by atoms with Gasteiger partial charge in [0.25, 0.3) is 0 Å². The molecule has 7 nitrogen and oxygen atoms in total. The molecule has 1 aliphatic heterocycles. The first kappa shape index (κ1) is 24.3. The summed E-state index contributed by atoms with van der Waals surface area (Å²) in [6.07, 6.45) is 5.09. The van der Waals surface area contributed by atoms with E-state index in [0.29, 0.717) is 31.0 Å². The van der Waals surface area contributed by atoms with Gasteiger partial charge in [0, 0.05) is 42.3 Å². The lowest BCUT2D eigenvalue weighted by atomic mass is 9.68. The summed E-state index contributed by atoms with van der Waals surface area (Å²) in [5.74, 6) is 0.102. The van der Waals surface area contributed by atoms with Gasteiger partial charge in [0.2, 0.25) is 0 Å². The first-order valence-electron chi connectivity index (χ1n) is 10.6. The van der Waals surface area contributed by atoms with Crippen molar-refractivity contribution in [1.29, 1.82) is 0 Å². The van der Waals surface area contributed by atoms with Crippen molar-refractivity contribution < 1.29 is 14.3 Å². The third-order valence-corrected chi connectivity index (χ3v) is 6.90. The molecule has 9 heteroatoms. The minimum atomic E-state index is -0.446. The van der Waals surface area contributed by atoms with Gasteiger partial charge in [0.15, 0.2) is 0 Å². The molecule has 2 amide bonds. The lowest BCUT2D eigenvalue weighted by Gasteiger charge is -2.42. The van der Waals surface area contributed by atoms with Crippen LogP contribution in [0.1, 0.15) is 41.6 Å². The van der Waals surface area contributed by atoms with Crippen LogP contribution in [-0.2, 0) is 10.2 Å². The van der Waals surface area contributed by atoms with Crippen LogP contribution >= 0.6 is 24.0 Å². The third kappa shape index (κ3) is 4.56. The maximum absolute atomic E-state index is 13.1. The minimum Gasteiger partial charge on any atom is -0.465 e. The van der Waals surface area contributed by atoms with E-state index in [1.54, 1.807) is 17.0 Å². The first-order chi connectivity index (χ1) is 15.0. The average Bonchev–Trinajstić information content (AvgIpc) is 3.20. The Kier molecular flexibility index (Phi) is 7.64. The molecule has 1 aromatic carbocycles. The van der Waals surface area contributed by atoms with Gasteiger partial charge >= 0.3 is 12.0 Å². The van der Waals surface area contributed by atoms with Gasteiger partial charge in [-0.2, -0.15) is 0 Å². The van der Waals surface area contributed by atoms with Gasteiger partial charge in [-0.25, -0.2) is 14.6 Å². The quantitative estimate of drug-likeness (QED) is 0.655.